The van der Waals surface area contributed by atoms with Crippen LogP contribution in [0.1, 0.15) is 38.2 Å². The molecule has 0 aliphatic heterocycles. The number of alkyl halides is 6. The zero-order valence-corrected chi connectivity index (χ0v) is 22.1. The number of carbonyl (C=O) groups excluding carboxylic acids is 1. The van der Waals surface area contributed by atoms with Crippen molar-refractivity contribution in [3.63, 3.8) is 0 Å². The molecule has 43 heavy (non-hydrogen) atoms. The summed E-state index contributed by atoms with van der Waals surface area (Å²) in [7, 11) is 1.36. The number of benzene rings is 2. The van der Waals surface area contributed by atoms with E-state index in [1.54, 1.807) is 24.4 Å². The standard InChI is InChI=1S/C22H23N5O2.2C2HF3O2/c1-29-22(28)19-13-27(11-14-5-7-16(8-6-14)20(23)24)12-18(19)10-15-3-2-4-17(9-15)21(25)26;2*3-2(4,5)1(6)7/h2-9,12-13H,10-11H2,1H3,(H3,23,24)(H3,25,26);2*(H,6,7). The fourth-order valence-electron chi connectivity index (χ4n) is 3.15. The highest BCUT2D eigenvalue weighted by Gasteiger charge is 2.38. The highest BCUT2D eigenvalue weighted by molar-refractivity contribution is 5.95. The summed E-state index contributed by atoms with van der Waals surface area (Å²) in [6.45, 7) is 0.565. The lowest BCUT2D eigenvalue weighted by molar-refractivity contribution is -0.193. The van der Waals surface area contributed by atoms with E-state index in [-0.39, 0.29) is 11.7 Å². The topological polar surface area (TPSA) is 206 Å². The highest BCUT2D eigenvalue weighted by atomic mass is 19.4. The second-order valence-corrected chi connectivity index (χ2v) is 8.37. The lowest BCUT2D eigenvalue weighted by Crippen LogP contribution is -2.21. The van der Waals surface area contributed by atoms with Gasteiger partial charge in [0.15, 0.2) is 0 Å². The number of nitrogens with zero attached hydrogens (tertiary/aromatic N) is 1. The van der Waals surface area contributed by atoms with Gasteiger partial charge < -0.3 is 31.0 Å². The first-order chi connectivity index (χ1) is 19.8. The van der Waals surface area contributed by atoms with Crippen molar-refractivity contribution in [3.05, 3.63) is 94.3 Å². The SMILES string of the molecule is COC(=O)c1cn(Cc2ccc(C(=N)N)cc2)cc1Cc1cccc(C(=N)N)c1.O=C(O)C(F)(F)F.O=C(O)C(F)(F)F. The fourth-order valence-corrected chi connectivity index (χ4v) is 3.15. The molecule has 232 valence electrons. The molecule has 0 saturated heterocycles. The van der Waals surface area contributed by atoms with Gasteiger partial charge in [0.1, 0.15) is 11.7 Å². The molecule has 2 aromatic carbocycles. The van der Waals surface area contributed by atoms with E-state index < -0.39 is 30.3 Å². The minimum atomic E-state index is -5.08. The van der Waals surface area contributed by atoms with Crippen LogP contribution in [0.4, 0.5) is 26.3 Å². The molecule has 0 amide bonds. The van der Waals surface area contributed by atoms with Crippen molar-refractivity contribution in [2.75, 3.05) is 7.11 Å². The lowest BCUT2D eigenvalue weighted by Gasteiger charge is -2.05. The molecule has 0 fully saturated rings. The number of aliphatic carboxylic acids is 2. The van der Waals surface area contributed by atoms with Crippen LogP contribution in [-0.2, 0) is 27.3 Å². The van der Waals surface area contributed by atoms with Crippen molar-refractivity contribution in [2.24, 2.45) is 11.5 Å². The van der Waals surface area contributed by atoms with E-state index in [2.05, 4.69) is 0 Å². The molecule has 1 heterocycles. The minimum Gasteiger partial charge on any atom is -0.475 e. The van der Waals surface area contributed by atoms with E-state index in [0.717, 1.165) is 16.7 Å². The number of carbonyl (C=O) groups is 3. The van der Waals surface area contributed by atoms with E-state index in [1.165, 1.54) is 7.11 Å². The molecule has 0 saturated carbocycles. The zero-order valence-electron chi connectivity index (χ0n) is 22.1. The Hall–Kier alpha value is -5.35. The average molecular weight is 618 g/mol. The average Bonchev–Trinajstić information content (AvgIpc) is 3.30. The van der Waals surface area contributed by atoms with Gasteiger partial charge in [-0.25, -0.2) is 14.4 Å². The van der Waals surface area contributed by atoms with Crippen LogP contribution in [0.15, 0.2) is 60.9 Å². The number of hydrogen-bond acceptors (Lipinski definition) is 6. The van der Waals surface area contributed by atoms with Crippen LogP contribution in [0.3, 0.4) is 0 Å². The molecule has 0 radical (unpaired) electrons. The van der Waals surface area contributed by atoms with E-state index in [9.17, 15) is 31.1 Å². The van der Waals surface area contributed by atoms with E-state index in [4.69, 9.17) is 46.8 Å². The number of carboxylic acids is 2. The van der Waals surface area contributed by atoms with Crippen molar-refractivity contribution in [1.82, 2.24) is 4.57 Å². The van der Waals surface area contributed by atoms with Crippen LogP contribution in [0.2, 0.25) is 0 Å². The normalized spacial score (nSPS) is 10.8. The van der Waals surface area contributed by atoms with Gasteiger partial charge in [0, 0.05) is 30.1 Å². The van der Waals surface area contributed by atoms with Crippen molar-refractivity contribution in [3.8, 4) is 0 Å². The Balaban J connectivity index is 0.000000548. The van der Waals surface area contributed by atoms with E-state index in [1.807, 2.05) is 41.1 Å². The van der Waals surface area contributed by atoms with Gasteiger partial charge >= 0.3 is 30.3 Å². The number of nitrogen functional groups attached to an aromatic ring is 2. The molecule has 0 spiro atoms. The quantitative estimate of drug-likeness (QED) is 0.0994. The molecule has 17 heteroatoms. The molecular formula is C26H25F6N5O6. The summed E-state index contributed by atoms with van der Waals surface area (Å²) in [5.74, 6) is -5.87. The van der Waals surface area contributed by atoms with Crippen molar-refractivity contribution >= 4 is 29.6 Å². The molecular weight excluding hydrogens is 592 g/mol. The number of nitrogens with two attached hydrogens (primary N) is 2. The number of carboxylic acid groups (broad SMARTS) is 2. The third-order valence-corrected chi connectivity index (χ3v) is 5.12. The van der Waals surface area contributed by atoms with E-state index >= 15 is 0 Å². The monoisotopic (exact) mass is 617 g/mol. The highest BCUT2D eigenvalue weighted by Crippen LogP contribution is 2.19. The van der Waals surface area contributed by atoms with Crippen LogP contribution in [0, 0.1) is 10.8 Å². The third kappa shape index (κ3) is 12.0. The summed E-state index contributed by atoms with van der Waals surface area (Å²) < 4.78 is 70.3. The molecule has 0 aliphatic rings. The number of esters is 1. The smallest absolute Gasteiger partial charge is 0.475 e. The Bertz CT molecular complexity index is 1440. The molecule has 0 atom stereocenters. The van der Waals surface area contributed by atoms with Gasteiger partial charge in [0.2, 0.25) is 0 Å². The Morgan fingerprint density at radius 3 is 1.72 bits per heavy atom. The molecule has 0 bridgehead atoms. The summed E-state index contributed by atoms with van der Waals surface area (Å²) in [6, 6.07) is 14.8. The van der Waals surface area contributed by atoms with E-state index in [0.29, 0.717) is 29.7 Å². The maximum atomic E-state index is 12.3. The number of amidine groups is 2. The maximum Gasteiger partial charge on any atom is 0.490 e. The zero-order chi connectivity index (χ0) is 33.1. The Morgan fingerprint density at radius 1 is 0.814 bits per heavy atom. The first-order valence-corrected chi connectivity index (χ1v) is 11.5. The summed E-state index contributed by atoms with van der Waals surface area (Å²) in [4.78, 5) is 30.0. The number of halogens is 6. The third-order valence-electron chi connectivity index (χ3n) is 5.12. The molecule has 0 aliphatic carbocycles. The van der Waals surface area contributed by atoms with Crippen LogP contribution in [0.25, 0.3) is 0 Å². The van der Waals surface area contributed by atoms with Crippen LogP contribution in [0.5, 0.6) is 0 Å². The van der Waals surface area contributed by atoms with Gasteiger partial charge in [0.05, 0.1) is 12.7 Å². The first kappa shape index (κ1) is 35.7. The first-order valence-electron chi connectivity index (χ1n) is 11.5. The van der Waals surface area contributed by atoms with Crippen LogP contribution >= 0.6 is 0 Å². The molecule has 11 nitrogen and oxygen atoms in total. The Morgan fingerprint density at radius 2 is 1.30 bits per heavy atom. The predicted molar refractivity (Wildman–Crippen MR) is 140 cm³/mol. The number of aromatic nitrogens is 1. The molecule has 0 unspecified atom stereocenters. The van der Waals surface area contributed by atoms with Gasteiger partial charge in [-0.05, 0) is 29.2 Å². The second-order valence-electron chi connectivity index (χ2n) is 8.37. The summed E-state index contributed by atoms with van der Waals surface area (Å²) in [5.41, 5.74) is 15.7. The molecule has 1 aromatic heterocycles. The molecule has 8 N–H and O–H groups in total. The second kappa shape index (κ2) is 15.0. The van der Waals surface area contributed by atoms with Gasteiger partial charge in [0.25, 0.3) is 0 Å². The lowest BCUT2D eigenvalue weighted by atomic mass is 10.0. The van der Waals surface area contributed by atoms with Crippen LogP contribution in [-0.4, -0.2) is 63.8 Å². The van der Waals surface area contributed by atoms with Gasteiger partial charge in [-0.1, -0.05) is 42.5 Å². The Kier molecular flexibility index (Phi) is 12.5. The number of ether oxygens (including phenoxy) is 1. The maximum absolute atomic E-state index is 12.3. The summed E-state index contributed by atoms with van der Waals surface area (Å²) in [5, 5.41) is 29.3. The van der Waals surface area contributed by atoms with Gasteiger partial charge in [-0.3, -0.25) is 10.8 Å². The number of nitrogens with one attached hydrogen (secondary N) is 2. The molecule has 3 rings (SSSR count). The predicted octanol–water partition coefficient (Wildman–Crippen LogP) is 3.75. The number of rotatable bonds is 7. The minimum absolute atomic E-state index is 0.00613. The largest absolute Gasteiger partial charge is 0.490 e. The summed E-state index contributed by atoms with van der Waals surface area (Å²) in [6.07, 6.45) is -5.96. The molecule has 3 aromatic rings. The van der Waals surface area contributed by atoms with Gasteiger partial charge in [-0.2, -0.15) is 26.3 Å². The van der Waals surface area contributed by atoms with Crippen molar-refractivity contribution < 1.29 is 55.7 Å². The fraction of sp³-hybridized carbons (Fsp3) is 0.192. The van der Waals surface area contributed by atoms with Crippen LogP contribution < -0.4 is 11.5 Å². The van der Waals surface area contributed by atoms with Crippen molar-refractivity contribution in [1.29, 1.82) is 10.8 Å². The summed E-state index contributed by atoms with van der Waals surface area (Å²) >= 11 is 0. The van der Waals surface area contributed by atoms with Crippen molar-refractivity contribution in [2.45, 2.75) is 25.3 Å². The number of methoxy groups -OCH3 is 1. The Labute approximate surface area is 239 Å². The number of hydrogen-bond donors (Lipinski definition) is 6. The van der Waals surface area contributed by atoms with Gasteiger partial charge in [-0.15, -0.1) is 0 Å².